The Labute approximate surface area is 96.1 Å². The second kappa shape index (κ2) is 4.80. The topological polar surface area (TPSA) is 95.5 Å². The van der Waals surface area contributed by atoms with Gasteiger partial charge in [0.25, 0.3) is 5.91 Å². The maximum absolute atomic E-state index is 10.8. The molecule has 1 aromatic rings. The van der Waals surface area contributed by atoms with Crippen molar-refractivity contribution in [3.8, 4) is 5.75 Å². The van der Waals surface area contributed by atoms with Gasteiger partial charge in [-0.05, 0) is 19.1 Å². The largest absolute Gasteiger partial charge is 0.474 e. The molecule has 0 aromatic heterocycles. The van der Waals surface area contributed by atoms with Crippen LogP contribution in [0.4, 0.5) is 5.69 Å². The van der Waals surface area contributed by atoms with Gasteiger partial charge in [-0.3, -0.25) is 14.9 Å². The Kier molecular flexibility index (Phi) is 3.68. The van der Waals surface area contributed by atoms with Crippen molar-refractivity contribution in [2.24, 2.45) is 5.73 Å². The molecular weight excluding hydrogens is 236 g/mol. The van der Waals surface area contributed by atoms with Crippen molar-refractivity contribution in [2.45, 2.75) is 13.0 Å². The number of amides is 1. The molecule has 0 saturated carbocycles. The number of carbonyl (C=O) groups is 1. The molecule has 86 valence electrons. The van der Waals surface area contributed by atoms with Crippen LogP contribution in [0, 0.1) is 10.1 Å². The quantitative estimate of drug-likeness (QED) is 0.641. The van der Waals surface area contributed by atoms with E-state index in [1.165, 1.54) is 19.1 Å². The van der Waals surface area contributed by atoms with Crippen LogP contribution < -0.4 is 10.5 Å². The molecule has 7 heteroatoms. The summed E-state index contributed by atoms with van der Waals surface area (Å²) in [6.45, 7) is 1.40. The van der Waals surface area contributed by atoms with E-state index in [9.17, 15) is 14.9 Å². The zero-order valence-corrected chi connectivity index (χ0v) is 9.10. The molecule has 1 aromatic carbocycles. The van der Waals surface area contributed by atoms with E-state index in [0.717, 1.165) is 6.07 Å². The Hall–Kier alpha value is -1.82. The molecule has 0 bridgehead atoms. The van der Waals surface area contributed by atoms with Crippen molar-refractivity contribution < 1.29 is 14.5 Å². The van der Waals surface area contributed by atoms with E-state index in [0.29, 0.717) is 0 Å². The number of hydrogen-bond acceptors (Lipinski definition) is 4. The highest BCUT2D eigenvalue weighted by Gasteiger charge is 2.19. The van der Waals surface area contributed by atoms with Crippen molar-refractivity contribution in [1.82, 2.24) is 0 Å². The standard InChI is InChI=1S/C9H9ClN2O4/c1-5(9(11)13)16-8-3-2-6(10)4-7(8)12(14)15/h2-5H,1H3,(H2,11,13)/t5-/m0/s1. The third-order valence-electron chi connectivity index (χ3n) is 1.82. The molecule has 0 aliphatic rings. The van der Waals surface area contributed by atoms with Gasteiger partial charge in [-0.25, -0.2) is 0 Å². The Bertz CT molecular complexity index is 436. The van der Waals surface area contributed by atoms with E-state index in [1.54, 1.807) is 0 Å². The van der Waals surface area contributed by atoms with Gasteiger partial charge in [0.05, 0.1) is 4.92 Å². The van der Waals surface area contributed by atoms with Crippen molar-refractivity contribution in [3.05, 3.63) is 33.3 Å². The van der Waals surface area contributed by atoms with Gasteiger partial charge in [0.2, 0.25) is 0 Å². The van der Waals surface area contributed by atoms with E-state index < -0.39 is 16.9 Å². The maximum Gasteiger partial charge on any atom is 0.312 e. The number of nitrogens with zero attached hydrogens (tertiary/aromatic N) is 1. The van der Waals surface area contributed by atoms with E-state index >= 15 is 0 Å². The van der Waals surface area contributed by atoms with Crippen LogP contribution in [0.25, 0.3) is 0 Å². The molecule has 16 heavy (non-hydrogen) atoms. The summed E-state index contributed by atoms with van der Waals surface area (Å²) in [4.78, 5) is 20.8. The SMILES string of the molecule is C[C@H](Oc1ccc(Cl)cc1[N+](=O)[O-])C(N)=O. The molecule has 0 saturated heterocycles. The zero-order chi connectivity index (χ0) is 12.3. The van der Waals surface area contributed by atoms with Crippen LogP contribution in [0.5, 0.6) is 5.75 Å². The van der Waals surface area contributed by atoms with Gasteiger partial charge in [-0.1, -0.05) is 11.6 Å². The summed E-state index contributed by atoms with van der Waals surface area (Å²) < 4.78 is 5.05. The van der Waals surface area contributed by atoms with E-state index in [-0.39, 0.29) is 16.5 Å². The Morgan fingerprint density at radius 2 is 2.25 bits per heavy atom. The van der Waals surface area contributed by atoms with Crippen molar-refractivity contribution in [3.63, 3.8) is 0 Å². The third-order valence-corrected chi connectivity index (χ3v) is 2.06. The summed E-state index contributed by atoms with van der Waals surface area (Å²) in [6, 6.07) is 3.89. The molecule has 1 amide bonds. The van der Waals surface area contributed by atoms with Gasteiger partial charge in [-0.2, -0.15) is 0 Å². The van der Waals surface area contributed by atoms with Gasteiger partial charge in [0.1, 0.15) is 0 Å². The lowest BCUT2D eigenvalue weighted by atomic mass is 10.3. The summed E-state index contributed by atoms with van der Waals surface area (Å²) >= 11 is 5.61. The average Bonchev–Trinajstić information content (AvgIpc) is 2.20. The van der Waals surface area contributed by atoms with Gasteiger partial charge in [-0.15, -0.1) is 0 Å². The van der Waals surface area contributed by atoms with Crippen LogP contribution in [0.1, 0.15) is 6.92 Å². The number of hydrogen-bond donors (Lipinski definition) is 1. The molecule has 1 atom stereocenters. The molecule has 0 aliphatic heterocycles. The highest BCUT2D eigenvalue weighted by atomic mass is 35.5. The van der Waals surface area contributed by atoms with Crippen LogP contribution >= 0.6 is 11.6 Å². The summed E-state index contributed by atoms with van der Waals surface area (Å²) in [5.41, 5.74) is 4.68. The lowest BCUT2D eigenvalue weighted by molar-refractivity contribution is -0.386. The first-order valence-electron chi connectivity index (χ1n) is 4.31. The second-order valence-corrected chi connectivity index (χ2v) is 3.47. The van der Waals surface area contributed by atoms with E-state index in [2.05, 4.69) is 0 Å². The fraction of sp³-hybridized carbons (Fsp3) is 0.222. The van der Waals surface area contributed by atoms with Crippen LogP contribution in [0.2, 0.25) is 5.02 Å². The summed E-state index contributed by atoms with van der Waals surface area (Å²) in [6.07, 6.45) is -0.945. The molecule has 0 unspecified atom stereocenters. The van der Waals surface area contributed by atoms with Crippen molar-refractivity contribution in [1.29, 1.82) is 0 Å². The van der Waals surface area contributed by atoms with Gasteiger partial charge in [0, 0.05) is 11.1 Å². The summed E-state index contributed by atoms with van der Waals surface area (Å²) in [5.74, 6) is -0.745. The third kappa shape index (κ3) is 2.83. The van der Waals surface area contributed by atoms with Crippen molar-refractivity contribution in [2.75, 3.05) is 0 Å². The molecular formula is C9H9ClN2O4. The van der Waals surface area contributed by atoms with Gasteiger partial charge in [0.15, 0.2) is 11.9 Å². The number of primary amides is 1. The predicted octanol–water partition coefficient (Wildman–Crippen LogP) is 1.50. The molecule has 0 fully saturated rings. The number of nitro benzene ring substituents is 1. The van der Waals surface area contributed by atoms with E-state index in [4.69, 9.17) is 22.1 Å². The first kappa shape index (κ1) is 12.3. The monoisotopic (exact) mass is 244 g/mol. The van der Waals surface area contributed by atoms with Crippen LogP contribution in [-0.2, 0) is 4.79 Å². The van der Waals surface area contributed by atoms with Crippen LogP contribution in [-0.4, -0.2) is 16.9 Å². The number of nitrogens with two attached hydrogens (primary N) is 1. The van der Waals surface area contributed by atoms with Gasteiger partial charge >= 0.3 is 5.69 Å². The fourth-order valence-electron chi connectivity index (χ4n) is 0.981. The average molecular weight is 245 g/mol. The first-order chi connectivity index (χ1) is 7.41. The molecule has 0 spiro atoms. The second-order valence-electron chi connectivity index (χ2n) is 3.03. The molecule has 0 heterocycles. The number of ether oxygens (including phenoxy) is 1. The smallest absolute Gasteiger partial charge is 0.312 e. The zero-order valence-electron chi connectivity index (χ0n) is 8.34. The molecule has 6 nitrogen and oxygen atoms in total. The normalized spacial score (nSPS) is 11.9. The summed E-state index contributed by atoms with van der Waals surface area (Å²) in [5, 5.41) is 10.9. The highest BCUT2D eigenvalue weighted by molar-refractivity contribution is 6.30. The minimum absolute atomic E-state index is 0.0410. The Balaban J connectivity index is 3.04. The minimum Gasteiger partial charge on any atom is -0.474 e. The number of nitro groups is 1. The Morgan fingerprint density at radius 3 is 2.75 bits per heavy atom. The molecule has 2 N–H and O–H groups in total. The molecule has 1 rings (SSSR count). The fourth-order valence-corrected chi connectivity index (χ4v) is 1.15. The number of halogens is 1. The molecule has 0 aliphatic carbocycles. The van der Waals surface area contributed by atoms with Crippen molar-refractivity contribution >= 4 is 23.2 Å². The van der Waals surface area contributed by atoms with Gasteiger partial charge < -0.3 is 10.5 Å². The predicted molar refractivity (Wildman–Crippen MR) is 57.4 cm³/mol. The lowest BCUT2D eigenvalue weighted by Gasteiger charge is -2.11. The lowest BCUT2D eigenvalue weighted by Crippen LogP contribution is -2.30. The first-order valence-corrected chi connectivity index (χ1v) is 4.69. The van der Waals surface area contributed by atoms with E-state index in [1.807, 2.05) is 0 Å². The minimum atomic E-state index is -0.945. The Morgan fingerprint density at radius 1 is 1.62 bits per heavy atom. The number of carbonyl (C=O) groups excluding carboxylic acids is 1. The molecule has 0 radical (unpaired) electrons. The number of benzene rings is 1. The summed E-state index contributed by atoms with van der Waals surface area (Å²) in [7, 11) is 0. The highest BCUT2D eigenvalue weighted by Crippen LogP contribution is 2.30. The van der Waals surface area contributed by atoms with Crippen LogP contribution in [0.15, 0.2) is 18.2 Å². The number of rotatable bonds is 4. The maximum atomic E-state index is 10.8. The van der Waals surface area contributed by atoms with Crippen LogP contribution in [0.3, 0.4) is 0 Å².